The SMILES string of the molecule is CCCCC(=O)OC(COC(=O)CC)COP(=O)(O)O. The highest BCUT2D eigenvalue weighted by Crippen LogP contribution is 2.35. The van der Waals surface area contributed by atoms with Crippen LogP contribution in [-0.4, -0.2) is 41.0 Å². The Labute approximate surface area is 117 Å². The predicted octanol–water partition coefficient (Wildman–Crippen LogP) is 1.15. The smallest absolute Gasteiger partial charge is 0.462 e. The van der Waals surface area contributed by atoms with Gasteiger partial charge < -0.3 is 19.3 Å². The van der Waals surface area contributed by atoms with Gasteiger partial charge in [-0.15, -0.1) is 0 Å². The lowest BCUT2D eigenvalue weighted by atomic mass is 10.2. The van der Waals surface area contributed by atoms with Gasteiger partial charge in [-0.05, 0) is 6.42 Å². The van der Waals surface area contributed by atoms with Gasteiger partial charge in [-0.25, -0.2) is 4.57 Å². The van der Waals surface area contributed by atoms with E-state index in [1.807, 2.05) is 6.92 Å². The van der Waals surface area contributed by atoms with Crippen molar-refractivity contribution in [2.45, 2.75) is 45.6 Å². The van der Waals surface area contributed by atoms with Crippen LogP contribution in [0.2, 0.25) is 0 Å². The molecule has 0 heterocycles. The second-order valence-corrected chi connectivity index (χ2v) is 5.28. The fourth-order valence-electron chi connectivity index (χ4n) is 1.15. The molecule has 0 aliphatic carbocycles. The number of rotatable bonds is 10. The van der Waals surface area contributed by atoms with Crippen molar-refractivity contribution in [2.24, 2.45) is 0 Å². The van der Waals surface area contributed by atoms with Crippen molar-refractivity contribution in [1.29, 1.82) is 0 Å². The summed E-state index contributed by atoms with van der Waals surface area (Å²) in [6.07, 6.45) is 0.742. The Morgan fingerprint density at radius 3 is 2.30 bits per heavy atom. The average molecular weight is 312 g/mol. The highest BCUT2D eigenvalue weighted by atomic mass is 31.2. The maximum Gasteiger partial charge on any atom is 0.469 e. The molecule has 8 nitrogen and oxygen atoms in total. The molecule has 0 saturated carbocycles. The highest BCUT2D eigenvalue weighted by molar-refractivity contribution is 7.46. The number of hydrogen-bond acceptors (Lipinski definition) is 6. The number of phosphoric acid groups is 1. The molecule has 0 aromatic heterocycles. The standard InChI is InChI=1S/C11H21O8P/c1-3-5-6-11(13)19-9(7-17-10(12)4-2)8-18-20(14,15)16/h9H,3-8H2,1-2H3,(H2,14,15,16). The molecule has 0 amide bonds. The van der Waals surface area contributed by atoms with Gasteiger partial charge in [0.1, 0.15) is 6.61 Å². The molecule has 0 aliphatic heterocycles. The van der Waals surface area contributed by atoms with E-state index in [-0.39, 0.29) is 19.4 Å². The molecule has 0 radical (unpaired) electrons. The molecule has 0 aliphatic rings. The summed E-state index contributed by atoms with van der Waals surface area (Å²) in [5.41, 5.74) is 0. The molecule has 0 aromatic rings. The Morgan fingerprint density at radius 2 is 1.80 bits per heavy atom. The van der Waals surface area contributed by atoms with Gasteiger partial charge in [-0.3, -0.25) is 14.1 Å². The summed E-state index contributed by atoms with van der Waals surface area (Å²) >= 11 is 0. The highest BCUT2D eigenvalue weighted by Gasteiger charge is 2.22. The van der Waals surface area contributed by atoms with E-state index in [0.29, 0.717) is 6.42 Å². The Bertz CT molecular complexity index is 350. The number of esters is 2. The molecule has 0 aromatic carbocycles. The monoisotopic (exact) mass is 312 g/mol. The van der Waals surface area contributed by atoms with Crippen LogP contribution in [0.5, 0.6) is 0 Å². The minimum absolute atomic E-state index is 0.149. The minimum Gasteiger partial charge on any atom is -0.462 e. The number of carbonyl (C=O) groups is 2. The molecular formula is C11H21O8P. The zero-order chi connectivity index (χ0) is 15.6. The molecule has 0 rings (SSSR count). The second-order valence-electron chi connectivity index (χ2n) is 4.04. The zero-order valence-electron chi connectivity index (χ0n) is 11.6. The van der Waals surface area contributed by atoms with Crippen molar-refractivity contribution in [2.75, 3.05) is 13.2 Å². The lowest BCUT2D eigenvalue weighted by molar-refractivity contribution is -0.161. The summed E-state index contributed by atoms with van der Waals surface area (Å²) < 4.78 is 24.6. The summed E-state index contributed by atoms with van der Waals surface area (Å²) in [5.74, 6) is -1.03. The predicted molar refractivity (Wildman–Crippen MR) is 68.7 cm³/mol. The molecule has 0 spiro atoms. The number of unbranched alkanes of at least 4 members (excludes halogenated alkanes) is 1. The van der Waals surface area contributed by atoms with E-state index < -0.39 is 32.5 Å². The van der Waals surface area contributed by atoms with Crippen LogP contribution in [0, 0.1) is 0 Å². The minimum atomic E-state index is -4.67. The molecule has 0 saturated heterocycles. The first kappa shape index (κ1) is 19.1. The van der Waals surface area contributed by atoms with Gasteiger partial charge in [0.25, 0.3) is 0 Å². The molecule has 2 N–H and O–H groups in total. The quantitative estimate of drug-likeness (QED) is 0.455. The van der Waals surface area contributed by atoms with Crippen molar-refractivity contribution in [1.82, 2.24) is 0 Å². The largest absolute Gasteiger partial charge is 0.469 e. The van der Waals surface area contributed by atoms with Crippen LogP contribution in [-0.2, 0) is 28.2 Å². The average Bonchev–Trinajstić information content (AvgIpc) is 2.38. The van der Waals surface area contributed by atoms with Crippen LogP contribution in [0.4, 0.5) is 0 Å². The molecule has 1 atom stereocenters. The first-order chi connectivity index (χ1) is 9.28. The fourth-order valence-corrected chi connectivity index (χ4v) is 1.51. The van der Waals surface area contributed by atoms with Crippen LogP contribution in [0.1, 0.15) is 39.5 Å². The van der Waals surface area contributed by atoms with Crippen molar-refractivity contribution in [3.05, 3.63) is 0 Å². The number of ether oxygens (including phenoxy) is 2. The summed E-state index contributed by atoms with van der Waals surface area (Å²) in [7, 11) is -4.67. The normalized spacial score (nSPS) is 12.8. The Hall–Kier alpha value is -0.950. The molecule has 1 unspecified atom stereocenters. The van der Waals surface area contributed by atoms with E-state index >= 15 is 0 Å². The lowest BCUT2D eigenvalue weighted by Gasteiger charge is -2.18. The summed E-state index contributed by atoms with van der Waals surface area (Å²) in [6, 6.07) is 0. The van der Waals surface area contributed by atoms with Gasteiger partial charge in [0.05, 0.1) is 6.61 Å². The van der Waals surface area contributed by atoms with Gasteiger partial charge in [0.15, 0.2) is 6.10 Å². The van der Waals surface area contributed by atoms with Crippen LogP contribution in [0.3, 0.4) is 0 Å². The third-order valence-corrected chi connectivity index (χ3v) is 2.67. The van der Waals surface area contributed by atoms with Crippen LogP contribution < -0.4 is 0 Å². The molecule has 118 valence electrons. The van der Waals surface area contributed by atoms with E-state index in [9.17, 15) is 14.2 Å². The van der Waals surface area contributed by atoms with Gasteiger partial charge in [-0.1, -0.05) is 20.3 Å². The fraction of sp³-hybridized carbons (Fsp3) is 0.818. The third kappa shape index (κ3) is 10.9. The van der Waals surface area contributed by atoms with Crippen LogP contribution >= 0.6 is 7.82 Å². The molecule has 20 heavy (non-hydrogen) atoms. The second kappa shape index (κ2) is 9.88. The van der Waals surface area contributed by atoms with Crippen molar-refractivity contribution >= 4 is 19.8 Å². The van der Waals surface area contributed by atoms with Crippen molar-refractivity contribution in [3.8, 4) is 0 Å². The molecular weight excluding hydrogens is 291 g/mol. The summed E-state index contributed by atoms with van der Waals surface area (Å²) in [4.78, 5) is 39.7. The maximum atomic E-state index is 11.4. The van der Waals surface area contributed by atoms with E-state index in [2.05, 4.69) is 4.52 Å². The Balaban J connectivity index is 4.33. The first-order valence-electron chi connectivity index (χ1n) is 6.33. The van der Waals surface area contributed by atoms with E-state index in [0.717, 1.165) is 6.42 Å². The van der Waals surface area contributed by atoms with E-state index in [1.165, 1.54) is 0 Å². The first-order valence-corrected chi connectivity index (χ1v) is 7.86. The van der Waals surface area contributed by atoms with Gasteiger partial charge >= 0.3 is 19.8 Å². The topological polar surface area (TPSA) is 119 Å². The van der Waals surface area contributed by atoms with Crippen molar-refractivity contribution < 1.29 is 37.9 Å². The maximum absolute atomic E-state index is 11.4. The van der Waals surface area contributed by atoms with E-state index in [1.54, 1.807) is 6.92 Å². The van der Waals surface area contributed by atoms with Gasteiger partial charge in [-0.2, -0.15) is 0 Å². The third-order valence-electron chi connectivity index (χ3n) is 2.18. The van der Waals surface area contributed by atoms with Gasteiger partial charge in [0.2, 0.25) is 0 Å². The van der Waals surface area contributed by atoms with Crippen LogP contribution in [0.25, 0.3) is 0 Å². The summed E-state index contributed by atoms with van der Waals surface area (Å²) in [6.45, 7) is 2.66. The van der Waals surface area contributed by atoms with Crippen LogP contribution in [0.15, 0.2) is 0 Å². The molecule has 0 fully saturated rings. The Morgan fingerprint density at radius 1 is 1.15 bits per heavy atom. The number of phosphoric ester groups is 1. The summed E-state index contributed by atoms with van der Waals surface area (Å²) in [5, 5.41) is 0. The Kier molecular flexibility index (Phi) is 9.41. The molecule has 0 bridgehead atoms. The number of hydrogen-bond donors (Lipinski definition) is 2. The van der Waals surface area contributed by atoms with Gasteiger partial charge in [0, 0.05) is 12.8 Å². The van der Waals surface area contributed by atoms with E-state index in [4.69, 9.17) is 19.3 Å². The van der Waals surface area contributed by atoms with Crippen molar-refractivity contribution in [3.63, 3.8) is 0 Å². The lowest BCUT2D eigenvalue weighted by Crippen LogP contribution is -2.29. The molecule has 9 heteroatoms. The zero-order valence-corrected chi connectivity index (χ0v) is 12.5. The number of carbonyl (C=O) groups excluding carboxylic acids is 2.